The monoisotopic (exact) mass is 463 g/mol. The Balaban J connectivity index is 2.34. The zero-order valence-corrected chi connectivity index (χ0v) is 16.0. The minimum absolute atomic E-state index is 0.324. The van der Waals surface area contributed by atoms with E-state index in [0.717, 1.165) is 12.3 Å². The lowest BCUT2D eigenvalue weighted by molar-refractivity contribution is -0.0888. The number of benzene rings is 2. The number of halogens is 7. The molecule has 0 amide bonds. The highest BCUT2D eigenvalue weighted by atomic mass is 35.5. The van der Waals surface area contributed by atoms with Gasteiger partial charge in [0.1, 0.15) is 0 Å². The van der Waals surface area contributed by atoms with E-state index >= 15 is 0 Å². The summed E-state index contributed by atoms with van der Waals surface area (Å²) in [5, 5.41) is 0.0232. The molecule has 1 heterocycles. The molecule has 0 atom stereocenters. The van der Waals surface area contributed by atoms with E-state index in [1.54, 1.807) is 0 Å². The molecule has 11 heteroatoms. The number of pyridine rings is 1. The Bertz CT molecular complexity index is 1140. The Morgan fingerprint density at radius 2 is 1.43 bits per heavy atom. The smallest absolute Gasteiger partial charge is 0.284 e. The number of carbonyl (C=O) groups is 2. The van der Waals surface area contributed by atoms with Gasteiger partial charge in [-0.15, -0.1) is 0 Å². The maximum atomic E-state index is 13.2. The highest BCUT2D eigenvalue weighted by Gasteiger charge is 2.44. The second kappa shape index (κ2) is 7.92. The first kappa shape index (κ1) is 22.1. The summed E-state index contributed by atoms with van der Waals surface area (Å²) in [5.74, 6) is -4.76. The number of hydrogen-bond acceptors (Lipinski definition) is 4. The van der Waals surface area contributed by atoms with Crippen molar-refractivity contribution in [1.82, 2.24) is 4.98 Å². The highest BCUT2D eigenvalue weighted by molar-refractivity contribution is 7.99. The number of ketones is 2. The van der Waals surface area contributed by atoms with Crippen LogP contribution in [0.15, 0.2) is 58.5 Å². The predicted octanol–water partition coefficient (Wildman–Crippen LogP) is 6.53. The number of alkyl halides is 6. The third kappa shape index (κ3) is 4.44. The maximum absolute atomic E-state index is 13.2. The van der Waals surface area contributed by atoms with Crippen molar-refractivity contribution in [3.63, 3.8) is 0 Å². The van der Waals surface area contributed by atoms with Crippen LogP contribution in [-0.4, -0.2) is 28.9 Å². The number of aromatic nitrogens is 1. The average molecular weight is 464 g/mol. The number of carbonyl (C=O) groups excluding carboxylic acids is 2. The number of fused-ring (bicyclic) bond motifs is 1. The fourth-order valence-corrected chi connectivity index (χ4v) is 3.76. The predicted molar refractivity (Wildman–Crippen MR) is 98.1 cm³/mol. The summed E-state index contributed by atoms with van der Waals surface area (Å²) >= 11 is 6.47. The third-order valence-corrected chi connectivity index (χ3v) is 5.26. The topological polar surface area (TPSA) is 47.0 Å². The van der Waals surface area contributed by atoms with Crippen molar-refractivity contribution in [3.05, 3.63) is 64.8 Å². The average Bonchev–Trinajstić information content (AvgIpc) is 2.67. The Labute approximate surface area is 174 Å². The minimum Gasteiger partial charge on any atom is -0.284 e. The lowest BCUT2D eigenvalue weighted by atomic mass is 9.98. The Morgan fingerprint density at radius 1 is 0.867 bits per heavy atom. The van der Waals surface area contributed by atoms with E-state index in [9.17, 15) is 35.9 Å². The molecule has 0 aliphatic rings. The number of rotatable bonds is 4. The fraction of sp³-hybridized carbons (Fsp3) is 0.105. The number of hydrogen-bond donors (Lipinski definition) is 0. The largest absolute Gasteiger partial charge is 0.454 e. The minimum atomic E-state index is -5.38. The SMILES string of the molecule is O=C(c1cc(C(=O)C(F)(F)F)c2cccnc2c1Sc1ccc(Cl)cc1)C(F)(F)F. The molecular formula is C19H8ClF6NO2S. The summed E-state index contributed by atoms with van der Waals surface area (Å²) < 4.78 is 78.6. The summed E-state index contributed by atoms with van der Waals surface area (Å²) in [6.07, 6.45) is -9.60. The van der Waals surface area contributed by atoms with Gasteiger partial charge in [0.05, 0.1) is 5.52 Å². The van der Waals surface area contributed by atoms with Gasteiger partial charge in [-0.25, -0.2) is 0 Å². The summed E-state index contributed by atoms with van der Waals surface area (Å²) in [7, 11) is 0. The van der Waals surface area contributed by atoms with Gasteiger partial charge in [-0.05, 0) is 36.4 Å². The molecule has 0 fully saturated rings. The van der Waals surface area contributed by atoms with Gasteiger partial charge >= 0.3 is 12.4 Å². The van der Waals surface area contributed by atoms with Crippen LogP contribution in [0.3, 0.4) is 0 Å². The van der Waals surface area contributed by atoms with Gasteiger partial charge in [-0.2, -0.15) is 26.3 Å². The first-order chi connectivity index (χ1) is 13.9. The standard InChI is InChI=1S/C19H8ClF6NO2S/c20-9-3-5-10(6-4-9)30-15-13(17(29)19(24,25)26)8-12(16(28)18(21,22)23)11-2-1-7-27-14(11)15/h1-8H. The number of nitrogens with zero attached hydrogens (tertiary/aromatic N) is 1. The van der Waals surface area contributed by atoms with Crippen molar-refractivity contribution in [1.29, 1.82) is 0 Å². The molecule has 3 aromatic rings. The zero-order valence-electron chi connectivity index (χ0n) is 14.4. The van der Waals surface area contributed by atoms with Crippen LogP contribution in [0.25, 0.3) is 10.9 Å². The van der Waals surface area contributed by atoms with E-state index in [0.29, 0.717) is 27.7 Å². The molecule has 1 aromatic heterocycles. The molecule has 0 aliphatic carbocycles. The molecule has 3 nitrogen and oxygen atoms in total. The molecule has 0 spiro atoms. The first-order valence-corrected chi connectivity index (χ1v) is 9.17. The number of Topliss-reactive ketones (excluding diaryl/α,β-unsaturated/α-hetero) is 2. The quantitative estimate of drug-likeness (QED) is 0.326. The van der Waals surface area contributed by atoms with Gasteiger partial charge in [-0.1, -0.05) is 29.4 Å². The Hall–Kier alpha value is -2.59. The van der Waals surface area contributed by atoms with Crippen LogP contribution in [0, 0.1) is 0 Å². The van der Waals surface area contributed by atoms with Crippen LogP contribution >= 0.6 is 23.4 Å². The van der Waals surface area contributed by atoms with Crippen molar-refractivity contribution in [3.8, 4) is 0 Å². The molecule has 30 heavy (non-hydrogen) atoms. The van der Waals surface area contributed by atoms with Crippen molar-refractivity contribution < 1.29 is 35.9 Å². The van der Waals surface area contributed by atoms with E-state index in [4.69, 9.17) is 11.6 Å². The van der Waals surface area contributed by atoms with Crippen molar-refractivity contribution in [2.75, 3.05) is 0 Å². The first-order valence-electron chi connectivity index (χ1n) is 7.98. The van der Waals surface area contributed by atoms with Gasteiger partial charge in [0.15, 0.2) is 0 Å². The molecule has 0 unspecified atom stereocenters. The fourth-order valence-electron chi connectivity index (χ4n) is 2.60. The summed E-state index contributed by atoms with van der Waals surface area (Å²) in [6, 6.07) is 8.50. The molecule has 0 radical (unpaired) electrons. The lowest BCUT2D eigenvalue weighted by Gasteiger charge is -2.16. The van der Waals surface area contributed by atoms with E-state index < -0.39 is 35.0 Å². The molecule has 0 saturated heterocycles. The molecule has 3 rings (SSSR count). The molecule has 0 aliphatic heterocycles. The molecular weight excluding hydrogens is 456 g/mol. The normalized spacial score (nSPS) is 12.2. The van der Waals surface area contributed by atoms with E-state index in [1.807, 2.05) is 0 Å². The van der Waals surface area contributed by atoms with Gasteiger partial charge in [-0.3, -0.25) is 14.6 Å². The van der Waals surface area contributed by atoms with Gasteiger partial charge in [0, 0.05) is 37.5 Å². The Kier molecular flexibility index (Phi) is 5.83. The van der Waals surface area contributed by atoms with Crippen LogP contribution < -0.4 is 0 Å². The van der Waals surface area contributed by atoms with Gasteiger partial charge in [0.2, 0.25) is 0 Å². The van der Waals surface area contributed by atoms with Crippen LogP contribution in [0.5, 0.6) is 0 Å². The van der Waals surface area contributed by atoms with Crippen LogP contribution in [0.4, 0.5) is 26.3 Å². The lowest BCUT2D eigenvalue weighted by Crippen LogP contribution is -2.26. The summed E-state index contributed by atoms with van der Waals surface area (Å²) in [6.45, 7) is 0. The zero-order chi connectivity index (χ0) is 22.3. The van der Waals surface area contributed by atoms with Crippen LogP contribution in [0.1, 0.15) is 20.7 Å². The van der Waals surface area contributed by atoms with Crippen molar-refractivity contribution >= 4 is 45.8 Å². The van der Waals surface area contributed by atoms with Crippen LogP contribution in [0.2, 0.25) is 5.02 Å². The highest BCUT2D eigenvalue weighted by Crippen LogP contribution is 2.40. The molecule has 156 valence electrons. The third-order valence-electron chi connectivity index (χ3n) is 3.88. The van der Waals surface area contributed by atoms with Gasteiger partial charge < -0.3 is 0 Å². The van der Waals surface area contributed by atoms with E-state index in [1.165, 1.54) is 30.3 Å². The Morgan fingerprint density at radius 3 is 2.00 bits per heavy atom. The van der Waals surface area contributed by atoms with Crippen molar-refractivity contribution in [2.24, 2.45) is 0 Å². The van der Waals surface area contributed by atoms with Gasteiger partial charge in [0.25, 0.3) is 11.6 Å². The van der Waals surface area contributed by atoms with Crippen molar-refractivity contribution in [2.45, 2.75) is 22.1 Å². The molecule has 0 bridgehead atoms. The van der Waals surface area contributed by atoms with E-state index in [2.05, 4.69) is 4.98 Å². The summed E-state index contributed by atoms with van der Waals surface area (Å²) in [5.41, 5.74) is -2.51. The van der Waals surface area contributed by atoms with E-state index in [-0.39, 0.29) is 15.8 Å². The van der Waals surface area contributed by atoms with Crippen LogP contribution in [-0.2, 0) is 0 Å². The second-order valence-corrected chi connectivity index (χ2v) is 7.43. The second-order valence-electron chi connectivity index (χ2n) is 5.91. The molecule has 0 saturated carbocycles. The maximum Gasteiger partial charge on any atom is 0.454 e. The summed E-state index contributed by atoms with van der Waals surface area (Å²) in [4.78, 5) is 27.8. The molecule has 0 N–H and O–H groups in total. The molecule has 2 aromatic carbocycles.